The summed E-state index contributed by atoms with van der Waals surface area (Å²) in [5, 5.41) is 3.38. The first kappa shape index (κ1) is 14.5. The Morgan fingerprint density at radius 3 is 2.94 bits per heavy atom. The van der Waals surface area contributed by atoms with E-state index in [4.69, 9.17) is 16.3 Å². The summed E-state index contributed by atoms with van der Waals surface area (Å²) in [6.45, 7) is 1.93. The molecule has 94 valence electrons. The van der Waals surface area contributed by atoms with Crippen LogP contribution < -0.4 is 5.32 Å². The molecule has 0 saturated carbocycles. The van der Waals surface area contributed by atoms with Gasteiger partial charge in [-0.1, -0.05) is 17.7 Å². The smallest absolute Gasteiger partial charge is 0.224 e. The van der Waals surface area contributed by atoms with E-state index >= 15 is 0 Å². The first-order valence-corrected chi connectivity index (χ1v) is 6.48. The van der Waals surface area contributed by atoms with Crippen molar-refractivity contribution in [3.8, 4) is 0 Å². The Morgan fingerprint density at radius 1 is 1.59 bits per heavy atom. The quantitative estimate of drug-likeness (QED) is 0.894. The number of halogens is 2. The Hall–Kier alpha value is -0.580. The zero-order valence-electron chi connectivity index (χ0n) is 9.80. The van der Waals surface area contributed by atoms with Gasteiger partial charge in [-0.2, -0.15) is 0 Å². The third-order valence-electron chi connectivity index (χ3n) is 2.41. The van der Waals surface area contributed by atoms with Gasteiger partial charge in [0.2, 0.25) is 5.91 Å². The molecule has 0 bridgehead atoms. The van der Waals surface area contributed by atoms with Gasteiger partial charge in [0.05, 0.1) is 21.3 Å². The molecule has 1 aromatic rings. The minimum Gasteiger partial charge on any atom is -0.382 e. The predicted octanol–water partition coefficient (Wildman–Crippen LogP) is 3.86. The van der Waals surface area contributed by atoms with E-state index in [0.717, 1.165) is 0 Å². The molecule has 1 N–H and O–H groups in total. The average molecular weight is 321 g/mol. The molecule has 0 saturated heterocycles. The zero-order valence-corrected chi connectivity index (χ0v) is 12.1. The van der Waals surface area contributed by atoms with Gasteiger partial charge in [-0.25, -0.2) is 0 Å². The molecule has 1 rings (SSSR count). The number of methoxy groups -OCH3 is 1. The molecule has 1 amide bonds. The van der Waals surface area contributed by atoms with Crippen molar-refractivity contribution in [1.82, 2.24) is 0 Å². The second-order valence-electron chi connectivity index (χ2n) is 3.73. The number of ether oxygens (including phenoxy) is 1. The van der Waals surface area contributed by atoms with Gasteiger partial charge in [0.25, 0.3) is 0 Å². The van der Waals surface area contributed by atoms with Crippen LogP contribution in [0.5, 0.6) is 0 Å². The molecule has 0 fully saturated rings. The maximum atomic E-state index is 11.7. The van der Waals surface area contributed by atoms with E-state index in [2.05, 4.69) is 21.2 Å². The molecule has 0 aliphatic heterocycles. The van der Waals surface area contributed by atoms with Crippen LogP contribution in [0.2, 0.25) is 5.02 Å². The third kappa shape index (κ3) is 4.66. The lowest BCUT2D eigenvalue weighted by molar-refractivity contribution is -0.116. The summed E-state index contributed by atoms with van der Waals surface area (Å²) in [6.07, 6.45) is 1.21. The van der Waals surface area contributed by atoms with Gasteiger partial charge in [-0.3, -0.25) is 4.79 Å². The van der Waals surface area contributed by atoms with Gasteiger partial charge in [-0.05, 0) is 41.4 Å². The molecule has 1 unspecified atom stereocenters. The van der Waals surface area contributed by atoms with Crippen LogP contribution in [0.4, 0.5) is 5.69 Å². The standard InChI is InChI=1S/C12H15BrClNO2/c1-8(17-2)6-7-11(16)15-10-5-3-4-9(14)12(10)13/h3-5,8H,6-7H2,1-2H3,(H,15,16). The van der Waals surface area contributed by atoms with Crippen LogP contribution in [0.25, 0.3) is 0 Å². The van der Waals surface area contributed by atoms with E-state index in [0.29, 0.717) is 28.0 Å². The molecule has 0 heterocycles. The highest BCUT2D eigenvalue weighted by atomic mass is 79.9. The van der Waals surface area contributed by atoms with Crippen LogP contribution >= 0.6 is 27.5 Å². The second-order valence-corrected chi connectivity index (χ2v) is 4.93. The van der Waals surface area contributed by atoms with Crippen molar-refractivity contribution in [3.63, 3.8) is 0 Å². The summed E-state index contributed by atoms with van der Waals surface area (Å²) in [4.78, 5) is 11.7. The third-order valence-corrected chi connectivity index (χ3v) is 3.80. The van der Waals surface area contributed by atoms with Crippen LogP contribution in [0.3, 0.4) is 0 Å². The van der Waals surface area contributed by atoms with Crippen molar-refractivity contribution in [2.75, 3.05) is 12.4 Å². The second kappa shape index (κ2) is 6.99. The number of anilines is 1. The topological polar surface area (TPSA) is 38.3 Å². The van der Waals surface area contributed by atoms with E-state index in [1.807, 2.05) is 6.92 Å². The van der Waals surface area contributed by atoms with E-state index in [1.165, 1.54) is 0 Å². The summed E-state index contributed by atoms with van der Waals surface area (Å²) in [7, 11) is 1.64. The molecule has 5 heteroatoms. The summed E-state index contributed by atoms with van der Waals surface area (Å²) in [6, 6.07) is 5.35. The van der Waals surface area contributed by atoms with Crippen molar-refractivity contribution in [1.29, 1.82) is 0 Å². The Labute approximate surface area is 115 Å². The number of nitrogens with one attached hydrogen (secondary N) is 1. The van der Waals surface area contributed by atoms with Gasteiger partial charge in [0.15, 0.2) is 0 Å². The fraction of sp³-hybridized carbons (Fsp3) is 0.417. The number of amides is 1. The Kier molecular flexibility index (Phi) is 5.95. The molecule has 0 spiro atoms. The van der Waals surface area contributed by atoms with Crippen LogP contribution in [-0.4, -0.2) is 19.1 Å². The average Bonchev–Trinajstić information content (AvgIpc) is 2.32. The number of hydrogen-bond donors (Lipinski definition) is 1. The fourth-order valence-electron chi connectivity index (χ4n) is 1.27. The monoisotopic (exact) mass is 319 g/mol. The van der Waals surface area contributed by atoms with Crippen molar-refractivity contribution in [3.05, 3.63) is 27.7 Å². The van der Waals surface area contributed by atoms with E-state index < -0.39 is 0 Å². The van der Waals surface area contributed by atoms with E-state index in [-0.39, 0.29) is 12.0 Å². The summed E-state index contributed by atoms with van der Waals surface area (Å²) < 4.78 is 5.79. The van der Waals surface area contributed by atoms with E-state index in [1.54, 1.807) is 25.3 Å². The lowest BCUT2D eigenvalue weighted by Crippen LogP contribution is -2.15. The lowest BCUT2D eigenvalue weighted by atomic mass is 10.2. The number of rotatable bonds is 5. The van der Waals surface area contributed by atoms with Crippen molar-refractivity contribution >= 4 is 39.1 Å². The van der Waals surface area contributed by atoms with Crippen molar-refractivity contribution < 1.29 is 9.53 Å². The molecule has 1 aromatic carbocycles. The van der Waals surface area contributed by atoms with Crippen molar-refractivity contribution in [2.24, 2.45) is 0 Å². The van der Waals surface area contributed by atoms with Crippen LogP contribution in [0.15, 0.2) is 22.7 Å². The highest BCUT2D eigenvalue weighted by Crippen LogP contribution is 2.30. The molecule has 3 nitrogen and oxygen atoms in total. The van der Waals surface area contributed by atoms with Crippen LogP contribution in [0, 0.1) is 0 Å². The van der Waals surface area contributed by atoms with Crippen LogP contribution in [-0.2, 0) is 9.53 Å². The van der Waals surface area contributed by atoms with Crippen molar-refractivity contribution in [2.45, 2.75) is 25.9 Å². The zero-order chi connectivity index (χ0) is 12.8. The summed E-state index contributed by atoms with van der Waals surface area (Å²) in [5.41, 5.74) is 0.688. The molecule has 0 radical (unpaired) electrons. The first-order chi connectivity index (χ1) is 8.04. The van der Waals surface area contributed by atoms with Gasteiger partial charge in [0.1, 0.15) is 0 Å². The summed E-state index contributed by atoms with van der Waals surface area (Å²) in [5.74, 6) is -0.0446. The molecule has 17 heavy (non-hydrogen) atoms. The maximum Gasteiger partial charge on any atom is 0.224 e. The molecule has 0 aliphatic rings. The lowest BCUT2D eigenvalue weighted by Gasteiger charge is -2.10. The Bertz CT molecular complexity index is 398. The molecular formula is C12H15BrClNO2. The minimum absolute atomic E-state index is 0.0446. The molecular weight excluding hydrogens is 305 g/mol. The highest BCUT2D eigenvalue weighted by Gasteiger charge is 2.09. The van der Waals surface area contributed by atoms with Gasteiger partial charge in [0, 0.05) is 13.5 Å². The Morgan fingerprint density at radius 2 is 2.29 bits per heavy atom. The number of carbonyl (C=O) groups excluding carboxylic acids is 1. The number of carbonyl (C=O) groups is 1. The Balaban J connectivity index is 2.54. The van der Waals surface area contributed by atoms with Gasteiger partial charge < -0.3 is 10.1 Å². The molecule has 0 aromatic heterocycles. The maximum absolute atomic E-state index is 11.7. The highest BCUT2D eigenvalue weighted by molar-refractivity contribution is 9.10. The first-order valence-electron chi connectivity index (χ1n) is 5.31. The van der Waals surface area contributed by atoms with Gasteiger partial charge in [-0.15, -0.1) is 0 Å². The van der Waals surface area contributed by atoms with Gasteiger partial charge >= 0.3 is 0 Å². The van der Waals surface area contributed by atoms with Crippen LogP contribution in [0.1, 0.15) is 19.8 Å². The largest absolute Gasteiger partial charge is 0.382 e. The predicted molar refractivity (Wildman–Crippen MR) is 73.5 cm³/mol. The SMILES string of the molecule is COC(C)CCC(=O)Nc1cccc(Cl)c1Br. The molecule has 1 atom stereocenters. The number of benzene rings is 1. The minimum atomic E-state index is -0.0446. The summed E-state index contributed by atoms with van der Waals surface area (Å²) >= 11 is 9.26. The normalized spacial score (nSPS) is 12.2. The molecule has 0 aliphatic carbocycles. The fourth-order valence-corrected chi connectivity index (χ4v) is 1.80. The van der Waals surface area contributed by atoms with E-state index in [9.17, 15) is 4.79 Å². The number of hydrogen-bond acceptors (Lipinski definition) is 2.